The van der Waals surface area contributed by atoms with Gasteiger partial charge in [0.15, 0.2) is 0 Å². The van der Waals surface area contributed by atoms with Gasteiger partial charge in [-0.15, -0.1) is 11.3 Å². The highest BCUT2D eigenvalue weighted by Gasteiger charge is 2.21. The average Bonchev–Trinajstić information content (AvgIpc) is 3.43. The SMILES string of the molecule is O=C(Nc1ccc(-n2ccc3c4c(ccc3c2=O)NCC4)c(F)c1)NS(=O)(=O)c1ccc(Cl)s1. The number of pyridine rings is 1. The summed E-state index contributed by atoms with van der Waals surface area (Å²) in [6.07, 6.45) is 2.32. The molecule has 0 atom stereocenters. The number of nitrogens with one attached hydrogen (secondary N) is 3. The first-order valence-corrected chi connectivity index (χ1v) is 12.7. The molecule has 34 heavy (non-hydrogen) atoms. The van der Waals surface area contributed by atoms with Crippen molar-refractivity contribution in [1.29, 1.82) is 0 Å². The van der Waals surface area contributed by atoms with Crippen molar-refractivity contribution in [3.8, 4) is 5.69 Å². The predicted octanol–water partition coefficient (Wildman–Crippen LogP) is 4.32. The van der Waals surface area contributed by atoms with Crippen LogP contribution in [0.15, 0.2) is 63.7 Å². The third kappa shape index (κ3) is 4.02. The standard InChI is InChI=1S/C22H16ClFN4O4S2/c23-19-5-6-20(33-19)34(31,32)27-22(30)26-12-1-4-18(16(24)11-12)28-10-8-13-14-7-9-25-17(14)3-2-15(13)21(28)29/h1-6,8,10-11,25H,7,9H2,(H2,26,27,30). The highest BCUT2D eigenvalue weighted by Crippen LogP contribution is 2.29. The van der Waals surface area contributed by atoms with E-state index in [0.717, 1.165) is 47.0 Å². The van der Waals surface area contributed by atoms with E-state index >= 15 is 0 Å². The zero-order valence-corrected chi connectivity index (χ0v) is 19.7. The number of nitrogens with zero attached hydrogens (tertiary/aromatic N) is 1. The molecule has 3 heterocycles. The fraction of sp³-hybridized carbons (Fsp3) is 0.0909. The van der Waals surface area contributed by atoms with Crippen LogP contribution in [0.4, 0.5) is 20.6 Å². The molecule has 0 spiro atoms. The van der Waals surface area contributed by atoms with Crippen LogP contribution in [0.3, 0.4) is 0 Å². The van der Waals surface area contributed by atoms with E-state index in [9.17, 15) is 22.4 Å². The van der Waals surface area contributed by atoms with Gasteiger partial charge in [-0.1, -0.05) is 11.6 Å². The van der Waals surface area contributed by atoms with Crippen molar-refractivity contribution >= 4 is 61.1 Å². The lowest BCUT2D eigenvalue weighted by atomic mass is 10.0. The van der Waals surface area contributed by atoms with Gasteiger partial charge in [0, 0.05) is 29.5 Å². The number of halogens is 2. The first-order valence-electron chi connectivity index (χ1n) is 10.0. The van der Waals surface area contributed by atoms with Gasteiger partial charge < -0.3 is 10.6 Å². The first-order chi connectivity index (χ1) is 16.2. The maximum Gasteiger partial charge on any atom is 0.333 e. The molecule has 1 aliphatic rings. The lowest BCUT2D eigenvalue weighted by Gasteiger charge is -2.12. The van der Waals surface area contributed by atoms with E-state index in [0.29, 0.717) is 5.39 Å². The molecule has 2 aromatic heterocycles. The molecular weight excluding hydrogens is 503 g/mol. The van der Waals surface area contributed by atoms with E-state index in [1.165, 1.54) is 35.0 Å². The summed E-state index contributed by atoms with van der Waals surface area (Å²) < 4.78 is 42.5. The van der Waals surface area contributed by atoms with Gasteiger partial charge in [0.1, 0.15) is 10.0 Å². The maximum absolute atomic E-state index is 14.9. The van der Waals surface area contributed by atoms with Crippen molar-refractivity contribution in [2.45, 2.75) is 10.6 Å². The third-order valence-corrected chi connectivity index (χ3v) is 8.45. The number of carbonyl (C=O) groups is 1. The summed E-state index contributed by atoms with van der Waals surface area (Å²) in [6, 6.07) is 10.6. The third-order valence-electron chi connectivity index (χ3n) is 5.39. The summed E-state index contributed by atoms with van der Waals surface area (Å²) in [7, 11) is -4.12. The Balaban J connectivity index is 1.39. The van der Waals surface area contributed by atoms with Gasteiger partial charge in [0.25, 0.3) is 15.6 Å². The molecule has 5 rings (SSSR count). The van der Waals surface area contributed by atoms with Gasteiger partial charge in [-0.25, -0.2) is 22.3 Å². The van der Waals surface area contributed by atoms with Crippen molar-refractivity contribution in [2.75, 3.05) is 17.2 Å². The Morgan fingerprint density at radius 2 is 1.94 bits per heavy atom. The molecule has 4 aromatic rings. The van der Waals surface area contributed by atoms with Gasteiger partial charge in [0.2, 0.25) is 0 Å². The maximum atomic E-state index is 14.9. The number of benzene rings is 2. The second kappa shape index (κ2) is 8.42. The molecule has 0 unspecified atom stereocenters. The van der Waals surface area contributed by atoms with E-state index in [1.54, 1.807) is 12.1 Å². The summed E-state index contributed by atoms with van der Waals surface area (Å²) in [4.78, 5) is 25.2. The Morgan fingerprint density at radius 1 is 1.12 bits per heavy atom. The number of hydrogen-bond acceptors (Lipinski definition) is 6. The van der Waals surface area contributed by atoms with E-state index < -0.39 is 21.9 Å². The number of amides is 2. The van der Waals surface area contributed by atoms with E-state index in [2.05, 4.69) is 10.6 Å². The number of urea groups is 1. The summed E-state index contributed by atoms with van der Waals surface area (Å²) in [5, 5.41) is 6.84. The van der Waals surface area contributed by atoms with Crippen molar-refractivity contribution in [3.05, 3.63) is 80.8 Å². The lowest BCUT2D eigenvalue weighted by molar-refractivity contribution is 0.256. The number of rotatable bonds is 4. The van der Waals surface area contributed by atoms with Crippen LogP contribution >= 0.6 is 22.9 Å². The van der Waals surface area contributed by atoms with Crippen LogP contribution in [0.2, 0.25) is 4.34 Å². The zero-order valence-electron chi connectivity index (χ0n) is 17.3. The minimum absolute atomic E-state index is 0.00247. The number of anilines is 2. The molecule has 0 fully saturated rings. The Hall–Kier alpha value is -3.41. The highest BCUT2D eigenvalue weighted by atomic mass is 35.5. The second-order valence-electron chi connectivity index (χ2n) is 7.50. The van der Waals surface area contributed by atoms with E-state index in [1.807, 2.05) is 10.8 Å². The Bertz CT molecular complexity index is 1630. The monoisotopic (exact) mass is 518 g/mol. The Kier molecular flexibility index (Phi) is 5.54. The molecule has 0 aliphatic carbocycles. The number of hydrogen-bond donors (Lipinski definition) is 3. The van der Waals surface area contributed by atoms with Crippen LogP contribution in [-0.4, -0.2) is 25.6 Å². The summed E-state index contributed by atoms with van der Waals surface area (Å²) >= 11 is 6.53. The summed E-state index contributed by atoms with van der Waals surface area (Å²) in [5.41, 5.74) is 1.69. The number of fused-ring (bicyclic) bond motifs is 3. The van der Waals surface area contributed by atoms with Gasteiger partial charge in [-0.2, -0.15) is 0 Å². The second-order valence-corrected chi connectivity index (χ2v) is 11.1. The smallest absolute Gasteiger partial charge is 0.333 e. The van der Waals surface area contributed by atoms with Gasteiger partial charge in [0.05, 0.1) is 10.0 Å². The molecule has 1 aliphatic heterocycles. The van der Waals surface area contributed by atoms with Gasteiger partial charge >= 0.3 is 6.03 Å². The fourth-order valence-electron chi connectivity index (χ4n) is 3.89. The largest absolute Gasteiger partial charge is 0.384 e. The van der Waals surface area contributed by atoms with Gasteiger partial charge in [-0.05, 0) is 65.9 Å². The van der Waals surface area contributed by atoms with Crippen molar-refractivity contribution < 1.29 is 17.6 Å². The van der Waals surface area contributed by atoms with Crippen LogP contribution in [0.5, 0.6) is 0 Å². The van der Waals surface area contributed by atoms with Crippen molar-refractivity contribution in [2.24, 2.45) is 0 Å². The van der Waals surface area contributed by atoms with Crippen LogP contribution in [0.1, 0.15) is 5.56 Å². The quantitative estimate of drug-likeness (QED) is 0.373. The van der Waals surface area contributed by atoms with Crippen LogP contribution < -0.4 is 20.9 Å². The summed E-state index contributed by atoms with van der Waals surface area (Å²) in [6.45, 7) is 0.802. The first kappa shape index (κ1) is 22.4. The minimum Gasteiger partial charge on any atom is -0.384 e. The average molecular weight is 519 g/mol. The molecule has 0 saturated heterocycles. The Morgan fingerprint density at radius 3 is 2.68 bits per heavy atom. The molecule has 2 amide bonds. The Labute approximate surface area is 202 Å². The number of carbonyl (C=O) groups excluding carboxylic acids is 1. The molecule has 2 aromatic carbocycles. The predicted molar refractivity (Wildman–Crippen MR) is 130 cm³/mol. The number of thiophene rings is 1. The molecular formula is C22H16ClFN4O4S2. The van der Waals surface area contributed by atoms with Crippen LogP contribution in [0, 0.1) is 5.82 Å². The topological polar surface area (TPSA) is 109 Å². The fourth-order valence-corrected chi connectivity index (χ4v) is 6.28. The van der Waals surface area contributed by atoms with Crippen molar-refractivity contribution in [3.63, 3.8) is 0 Å². The number of aromatic nitrogens is 1. The van der Waals surface area contributed by atoms with E-state index in [-0.39, 0.29) is 25.5 Å². The van der Waals surface area contributed by atoms with E-state index in [4.69, 9.17) is 11.6 Å². The molecule has 0 radical (unpaired) electrons. The normalized spacial score (nSPS) is 12.9. The number of sulfonamides is 1. The lowest BCUT2D eigenvalue weighted by Crippen LogP contribution is -2.34. The zero-order chi connectivity index (χ0) is 24.0. The molecule has 12 heteroatoms. The highest BCUT2D eigenvalue weighted by molar-refractivity contribution is 7.92. The van der Waals surface area contributed by atoms with Gasteiger partial charge in [-0.3, -0.25) is 9.36 Å². The van der Waals surface area contributed by atoms with Crippen molar-refractivity contribution in [1.82, 2.24) is 9.29 Å². The molecule has 174 valence electrons. The molecule has 3 N–H and O–H groups in total. The molecule has 0 bridgehead atoms. The molecule has 0 saturated carbocycles. The molecule has 8 nitrogen and oxygen atoms in total. The summed E-state index contributed by atoms with van der Waals surface area (Å²) in [5.74, 6) is -0.769. The minimum atomic E-state index is -4.12. The van der Waals surface area contributed by atoms with Crippen LogP contribution in [-0.2, 0) is 16.4 Å². The van der Waals surface area contributed by atoms with Crippen LogP contribution in [0.25, 0.3) is 16.5 Å².